The van der Waals surface area contributed by atoms with Crippen LogP contribution in [0.3, 0.4) is 0 Å². The summed E-state index contributed by atoms with van der Waals surface area (Å²) >= 11 is 0. The van der Waals surface area contributed by atoms with Crippen molar-refractivity contribution < 1.29 is 14.3 Å². The topological polar surface area (TPSA) is 76.5 Å². The van der Waals surface area contributed by atoms with Gasteiger partial charge in [0.15, 0.2) is 5.69 Å². The first-order valence-corrected chi connectivity index (χ1v) is 7.99. The molecule has 23 heavy (non-hydrogen) atoms. The molecule has 2 atom stereocenters. The van der Waals surface area contributed by atoms with E-state index in [1.807, 2.05) is 27.8 Å². The number of ether oxygens (including phenoxy) is 1. The largest absolute Gasteiger partial charge is 0.369 e. The average Bonchev–Trinajstić information content (AvgIpc) is 2.72. The summed E-state index contributed by atoms with van der Waals surface area (Å²) in [6.07, 6.45) is 0.688. The van der Waals surface area contributed by atoms with Gasteiger partial charge in [-0.3, -0.25) is 14.3 Å². The summed E-state index contributed by atoms with van der Waals surface area (Å²) in [5.74, 6) is -0.138. The van der Waals surface area contributed by atoms with Crippen molar-refractivity contribution in [3.8, 4) is 0 Å². The summed E-state index contributed by atoms with van der Waals surface area (Å²) in [6, 6.07) is 0. The Balaban J connectivity index is 1.79. The second-order valence-corrected chi connectivity index (χ2v) is 7.02. The molecule has 1 aromatic heterocycles. The maximum absolute atomic E-state index is 12.7. The molecule has 1 fully saturated rings. The van der Waals surface area contributed by atoms with Gasteiger partial charge in [-0.1, -0.05) is 0 Å². The van der Waals surface area contributed by atoms with Crippen LogP contribution in [0.1, 0.15) is 55.5 Å². The van der Waals surface area contributed by atoms with Crippen molar-refractivity contribution in [3.05, 3.63) is 17.0 Å². The van der Waals surface area contributed by atoms with E-state index in [9.17, 15) is 9.59 Å². The van der Waals surface area contributed by atoms with E-state index in [4.69, 9.17) is 4.74 Å². The highest BCUT2D eigenvalue weighted by atomic mass is 16.5. The van der Waals surface area contributed by atoms with Crippen LogP contribution >= 0.6 is 0 Å². The van der Waals surface area contributed by atoms with E-state index in [-0.39, 0.29) is 29.6 Å². The van der Waals surface area contributed by atoms with Crippen LogP contribution in [0.15, 0.2) is 0 Å². The Kier molecular flexibility index (Phi) is 3.71. The van der Waals surface area contributed by atoms with E-state index in [0.717, 1.165) is 11.3 Å². The van der Waals surface area contributed by atoms with E-state index >= 15 is 0 Å². The number of nitrogens with one attached hydrogen (secondary N) is 1. The number of carbonyl (C=O) groups excluding carboxylic acids is 2. The molecular weight excluding hydrogens is 296 g/mol. The van der Waals surface area contributed by atoms with Crippen LogP contribution in [0.5, 0.6) is 0 Å². The number of aryl methyl sites for hydroxylation is 1. The van der Waals surface area contributed by atoms with Gasteiger partial charge in [0.2, 0.25) is 5.91 Å². The molecule has 1 N–H and O–H groups in total. The Morgan fingerprint density at radius 1 is 1.35 bits per heavy atom. The zero-order valence-electron chi connectivity index (χ0n) is 14.3. The smallest absolute Gasteiger partial charge is 0.272 e. The number of hydrogen-bond donors (Lipinski definition) is 1. The number of carbonyl (C=O) groups is 2. The minimum atomic E-state index is -0.379. The number of nitrogens with zero attached hydrogens (tertiary/aromatic N) is 3. The predicted octanol–water partition coefficient (Wildman–Crippen LogP) is 0.793. The van der Waals surface area contributed by atoms with E-state index in [1.165, 1.54) is 0 Å². The molecule has 0 bridgehead atoms. The second-order valence-electron chi connectivity index (χ2n) is 7.02. The molecule has 0 radical (unpaired) electrons. The lowest BCUT2D eigenvalue weighted by Crippen LogP contribution is -2.69. The third kappa shape index (κ3) is 2.73. The Hall–Kier alpha value is -1.89. The Morgan fingerprint density at radius 2 is 2.00 bits per heavy atom. The summed E-state index contributed by atoms with van der Waals surface area (Å²) in [6.45, 7) is 8.56. The minimum absolute atomic E-state index is 0.0340. The molecule has 0 saturated carbocycles. The average molecular weight is 320 g/mol. The van der Waals surface area contributed by atoms with Gasteiger partial charge in [-0.15, -0.1) is 0 Å². The van der Waals surface area contributed by atoms with Gasteiger partial charge in [-0.05, 0) is 20.8 Å². The van der Waals surface area contributed by atoms with E-state index in [0.29, 0.717) is 25.2 Å². The molecule has 0 aromatic carbocycles. The first kappa shape index (κ1) is 16.0. The van der Waals surface area contributed by atoms with Gasteiger partial charge in [0.05, 0.1) is 23.4 Å². The first-order chi connectivity index (χ1) is 10.7. The highest BCUT2D eigenvalue weighted by Crippen LogP contribution is 2.32. The zero-order valence-corrected chi connectivity index (χ0v) is 14.3. The molecule has 1 saturated heterocycles. The van der Waals surface area contributed by atoms with Crippen molar-refractivity contribution in [2.75, 3.05) is 13.1 Å². The third-order valence-corrected chi connectivity index (χ3v) is 4.66. The number of rotatable bonds is 2. The van der Waals surface area contributed by atoms with Crippen LogP contribution in [0.25, 0.3) is 0 Å². The number of hydrogen-bond acceptors (Lipinski definition) is 4. The van der Waals surface area contributed by atoms with Crippen LogP contribution in [-0.4, -0.2) is 51.2 Å². The lowest BCUT2D eigenvalue weighted by atomic mass is 9.91. The fourth-order valence-electron chi connectivity index (χ4n) is 3.65. The second kappa shape index (κ2) is 5.33. The van der Waals surface area contributed by atoms with Crippen molar-refractivity contribution in [1.82, 2.24) is 20.0 Å². The summed E-state index contributed by atoms with van der Waals surface area (Å²) in [4.78, 5) is 25.7. The quantitative estimate of drug-likeness (QED) is 0.874. The van der Waals surface area contributed by atoms with Crippen molar-refractivity contribution >= 4 is 11.8 Å². The molecule has 0 aliphatic carbocycles. The highest BCUT2D eigenvalue weighted by Gasteiger charge is 2.42. The molecule has 7 nitrogen and oxygen atoms in total. The van der Waals surface area contributed by atoms with Gasteiger partial charge in [0.1, 0.15) is 0 Å². The maximum Gasteiger partial charge on any atom is 0.272 e. The van der Waals surface area contributed by atoms with Crippen LogP contribution in [0.2, 0.25) is 0 Å². The lowest BCUT2D eigenvalue weighted by Gasteiger charge is -2.47. The van der Waals surface area contributed by atoms with Crippen molar-refractivity contribution in [2.24, 2.45) is 7.05 Å². The van der Waals surface area contributed by atoms with Gasteiger partial charge in [-0.25, -0.2) is 0 Å². The number of likely N-dealkylation sites (tertiary alicyclic amines) is 1. The number of fused-ring (bicyclic) bond motifs is 1. The fraction of sp³-hybridized carbons (Fsp3) is 0.688. The van der Waals surface area contributed by atoms with Crippen molar-refractivity contribution in [3.63, 3.8) is 0 Å². The van der Waals surface area contributed by atoms with Crippen LogP contribution in [0, 0.1) is 0 Å². The van der Waals surface area contributed by atoms with Crippen LogP contribution < -0.4 is 5.32 Å². The molecule has 3 heterocycles. The highest BCUT2D eigenvalue weighted by molar-refractivity contribution is 5.95. The van der Waals surface area contributed by atoms with E-state index < -0.39 is 0 Å². The van der Waals surface area contributed by atoms with Gasteiger partial charge >= 0.3 is 0 Å². The van der Waals surface area contributed by atoms with Crippen molar-refractivity contribution in [2.45, 2.75) is 51.9 Å². The number of aromatic nitrogens is 2. The molecule has 126 valence electrons. The number of amides is 2. The van der Waals surface area contributed by atoms with Gasteiger partial charge in [0, 0.05) is 39.0 Å². The zero-order chi connectivity index (χ0) is 16.9. The SMILES string of the molecule is CC(=O)N1CC(C)(NC(=O)c2nn(C)c3c2C[C@@H](C)O[C@H]3C)C1. The summed E-state index contributed by atoms with van der Waals surface area (Å²) in [7, 11) is 1.84. The first-order valence-electron chi connectivity index (χ1n) is 7.99. The van der Waals surface area contributed by atoms with Gasteiger partial charge < -0.3 is 15.0 Å². The summed E-state index contributed by atoms with van der Waals surface area (Å²) < 4.78 is 7.57. The monoisotopic (exact) mass is 320 g/mol. The summed E-state index contributed by atoms with van der Waals surface area (Å²) in [5, 5.41) is 7.46. The molecule has 2 amide bonds. The molecule has 0 spiro atoms. The Labute approximate surface area is 136 Å². The molecule has 0 unspecified atom stereocenters. The standard InChI is InChI=1S/C16H24N4O3/c1-9-6-12-13(18-19(5)14(12)10(2)23-9)15(22)17-16(4)7-20(8-16)11(3)21/h9-10H,6-8H2,1-5H3,(H,17,22)/t9-,10+/m1/s1. The molecule has 3 rings (SSSR count). The fourth-order valence-corrected chi connectivity index (χ4v) is 3.65. The normalized spacial score (nSPS) is 25.5. The minimum Gasteiger partial charge on any atom is -0.369 e. The predicted molar refractivity (Wildman–Crippen MR) is 84.0 cm³/mol. The molecule has 2 aliphatic rings. The Morgan fingerprint density at radius 3 is 2.61 bits per heavy atom. The van der Waals surface area contributed by atoms with Crippen LogP contribution in [-0.2, 0) is 23.0 Å². The van der Waals surface area contributed by atoms with Crippen molar-refractivity contribution in [1.29, 1.82) is 0 Å². The van der Waals surface area contributed by atoms with Crippen LogP contribution in [0.4, 0.5) is 0 Å². The molecule has 1 aromatic rings. The molecule has 7 heteroatoms. The Bertz CT molecular complexity index is 661. The summed E-state index contributed by atoms with van der Waals surface area (Å²) in [5.41, 5.74) is 2.04. The van der Waals surface area contributed by atoms with Gasteiger partial charge in [0.25, 0.3) is 5.91 Å². The third-order valence-electron chi connectivity index (χ3n) is 4.66. The van der Waals surface area contributed by atoms with Gasteiger partial charge in [-0.2, -0.15) is 5.10 Å². The van der Waals surface area contributed by atoms with E-state index in [2.05, 4.69) is 10.4 Å². The molecular formula is C16H24N4O3. The lowest BCUT2D eigenvalue weighted by molar-refractivity contribution is -0.136. The van der Waals surface area contributed by atoms with E-state index in [1.54, 1.807) is 16.5 Å². The molecule has 2 aliphatic heterocycles. The maximum atomic E-state index is 12.7.